The zero-order chi connectivity index (χ0) is 13.9. The number of aliphatic hydroxyl groups excluding tert-OH is 1. The molecule has 8 heteroatoms. The molecule has 0 saturated carbocycles. The number of aryl methyl sites for hydroxylation is 1. The molecule has 3 N–H and O–H groups in total. The van der Waals surface area contributed by atoms with Crippen LogP contribution in [0, 0.1) is 12.8 Å². The molecule has 2 rings (SSSR count). The van der Waals surface area contributed by atoms with E-state index in [-0.39, 0.29) is 11.6 Å². The molecular weight excluding hydrogens is 270 g/mol. The van der Waals surface area contributed by atoms with Gasteiger partial charge >= 0.3 is 0 Å². The van der Waals surface area contributed by atoms with Crippen molar-refractivity contribution in [2.45, 2.75) is 31.4 Å². The fourth-order valence-corrected chi connectivity index (χ4v) is 3.35. The molecule has 1 fully saturated rings. The van der Waals surface area contributed by atoms with Gasteiger partial charge in [-0.25, -0.2) is 13.1 Å². The van der Waals surface area contributed by atoms with Gasteiger partial charge in [0.1, 0.15) is 0 Å². The molecule has 0 radical (unpaired) electrons. The van der Waals surface area contributed by atoms with Crippen molar-refractivity contribution in [3.05, 3.63) is 11.3 Å². The van der Waals surface area contributed by atoms with Crippen molar-refractivity contribution in [1.82, 2.24) is 14.9 Å². The Bertz CT molecular complexity index is 520. The van der Waals surface area contributed by atoms with Crippen molar-refractivity contribution < 1.29 is 18.3 Å². The molecule has 2 heterocycles. The van der Waals surface area contributed by atoms with Crippen LogP contribution in [0.4, 0.5) is 0 Å². The summed E-state index contributed by atoms with van der Waals surface area (Å²) < 4.78 is 31.9. The van der Waals surface area contributed by atoms with Gasteiger partial charge in [0.05, 0.1) is 6.61 Å². The van der Waals surface area contributed by atoms with Gasteiger partial charge < -0.3 is 9.84 Å². The molecular formula is C11H19N3O4S. The second-order valence-corrected chi connectivity index (χ2v) is 6.39. The summed E-state index contributed by atoms with van der Waals surface area (Å²) in [4.78, 5) is 0. The minimum absolute atomic E-state index is 0.116. The molecule has 19 heavy (non-hydrogen) atoms. The van der Waals surface area contributed by atoms with E-state index in [2.05, 4.69) is 14.9 Å². The Balaban J connectivity index is 1.97. The number of nitrogens with one attached hydrogen (secondary N) is 2. The largest absolute Gasteiger partial charge is 0.392 e. The van der Waals surface area contributed by atoms with Crippen LogP contribution in [0.15, 0.2) is 5.03 Å². The summed E-state index contributed by atoms with van der Waals surface area (Å²) in [5.41, 5.74) is 0.878. The van der Waals surface area contributed by atoms with Gasteiger partial charge in [0.2, 0.25) is 0 Å². The van der Waals surface area contributed by atoms with Gasteiger partial charge in [0.15, 0.2) is 5.03 Å². The second kappa shape index (κ2) is 6.00. The first-order chi connectivity index (χ1) is 9.04. The van der Waals surface area contributed by atoms with Gasteiger partial charge in [-0.1, -0.05) is 0 Å². The Morgan fingerprint density at radius 2 is 2.37 bits per heavy atom. The fourth-order valence-electron chi connectivity index (χ4n) is 2.12. The summed E-state index contributed by atoms with van der Waals surface area (Å²) in [6.45, 7) is 3.13. The molecule has 0 aliphatic carbocycles. The normalized spacial score (nSPS) is 20.0. The van der Waals surface area contributed by atoms with E-state index >= 15 is 0 Å². The summed E-state index contributed by atoms with van der Waals surface area (Å²) in [6, 6.07) is 0. The Kier molecular flexibility index (Phi) is 4.56. The van der Waals surface area contributed by atoms with Crippen LogP contribution < -0.4 is 4.72 Å². The highest BCUT2D eigenvalue weighted by Crippen LogP contribution is 2.18. The van der Waals surface area contributed by atoms with E-state index in [1.165, 1.54) is 0 Å². The molecule has 1 aromatic rings. The maximum absolute atomic E-state index is 12.1. The molecule has 108 valence electrons. The molecule has 7 nitrogen and oxygen atoms in total. The van der Waals surface area contributed by atoms with Crippen LogP contribution in [0.2, 0.25) is 0 Å². The zero-order valence-corrected chi connectivity index (χ0v) is 11.7. The first-order valence-corrected chi connectivity index (χ1v) is 7.75. The number of aromatic nitrogens is 2. The predicted molar refractivity (Wildman–Crippen MR) is 68.0 cm³/mol. The first-order valence-electron chi connectivity index (χ1n) is 6.26. The Morgan fingerprint density at radius 3 is 3.00 bits per heavy atom. The van der Waals surface area contributed by atoms with Crippen LogP contribution in [0.25, 0.3) is 0 Å². The summed E-state index contributed by atoms with van der Waals surface area (Å²) in [6.07, 6.45) is 1.72. The summed E-state index contributed by atoms with van der Waals surface area (Å²) in [7, 11) is -3.67. The molecule has 1 unspecified atom stereocenters. The lowest BCUT2D eigenvalue weighted by atomic mass is 10.1. The monoisotopic (exact) mass is 289 g/mol. The van der Waals surface area contributed by atoms with E-state index in [0.29, 0.717) is 30.3 Å². The van der Waals surface area contributed by atoms with Gasteiger partial charge in [0.25, 0.3) is 10.0 Å². The summed E-state index contributed by atoms with van der Waals surface area (Å²) in [5, 5.41) is 15.4. The number of hydrogen-bond acceptors (Lipinski definition) is 5. The number of sulfonamides is 1. The molecule has 1 saturated heterocycles. The Labute approximate surface area is 112 Å². The van der Waals surface area contributed by atoms with Crippen LogP contribution >= 0.6 is 0 Å². The molecule has 1 aliphatic heterocycles. The lowest BCUT2D eigenvalue weighted by molar-refractivity contribution is 0.184. The number of hydrogen-bond donors (Lipinski definition) is 3. The van der Waals surface area contributed by atoms with Crippen molar-refractivity contribution in [3.63, 3.8) is 0 Å². The summed E-state index contributed by atoms with van der Waals surface area (Å²) >= 11 is 0. The molecule has 0 spiro atoms. The van der Waals surface area contributed by atoms with Crippen LogP contribution in [0.1, 0.15) is 24.1 Å². The van der Waals surface area contributed by atoms with E-state index in [9.17, 15) is 13.5 Å². The molecule has 0 amide bonds. The average molecular weight is 289 g/mol. The third-order valence-corrected chi connectivity index (χ3v) is 4.75. The number of H-pyrrole nitrogens is 1. The number of ether oxygens (including phenoxy) is 1. The van der Waals surface area contributed by atoms with E-state index in [4.69, 9.17) is 4.74 Å². The predicted octanol–water partition coefficient (Wildman–Crippen LogP) is -0.0847. The van der Waals surface area contributed by atoms with Crippen LogP contribution in [-0.4, -0.2) is 43.5 Å². The van der Waals surface area contributed by atoms with Crippen LogP contribution in [-0.2, 0) is 21.4 Å². The van der Waals surface area contributed by atoms with E-state index < -0.39 is 10.0 Å². The third-order valence-electron chi connectivity index (χ3n) is 3.32. The number of aliphatic hydroxyl groups is 1. The zero-order valence-electron chi connectivity index (χ0n) is 10.8. The van der Waals surface area contributed by atoms with E-state index in [1.807, 2.05) is 0 Å². The molecule has 0 aromatic carbocycles. The van der Waals surface area contributed by atoms with Gasteiger partial charge in [-0.3, -0.25) is 5.10 Å². The highest BCUT2D eigenvalue weighted by Gasteiger charge is 2.24. The average Bonchev–Trinajstić information content (AvgIpc) is 2.98. The topological polar surface area (TPSA) is 104 Å². The lowest BCUT2D eigenvalue weighted by Crippen LogP contribution is -2.27. The molecule has 1 aliphatic rings. The lowest BCUT2D eigenvalue weighted by Gasteiger charge is -2.09. The Hall–Kier alpha value is -0.960. The third kappa shape index (κ3) is 3.33. The fraction of sp³-hybridized carbons (Fsp3) is 0.727. The van der Waals surface area contributed by atoms with E-state index in [1.54, 1.807) is 6.92 Å². The quantitative estimate of drug-likeness (QED) is 0.679. The van der Waals surface area contributed by atoms with Gasteiger partial charge in [0, 0.05) is 31.0 Å². The van der Waals surface area contributed by atoms with Crippen molar-refractivity contribution in [3.8, 4) is 0 Å². The van der Waals surface area contributed by atoms with Crippen LogP contribution in [0.3, 0.4) is 0 Å². The smallest absolute Gasteiger partial charge is 0.260 e. The van der Waals surface area contributed by atoms with Crippen LogP contribution in [0.5, 0.6) is 0 Å². The second-order valence-electron chi connectivity index (χ2n) is 4.71. The summed E-state index contributed by atoms with van der Waals surface area (Å²) in [5.74, 6) is 0.418. The van der Waals surface area contributed by atoms with Crippen molar-refractivity contribution >= 4 is 10.0 Å². The van der Waals surface area contributed by atoms with Gasteiger partial charge in [-0.15, -0.1) is 0 Å². The number of rotatable bonds is 6. The van der Waals surface area contributed by atoms with Crippen molar-refractivity contribution in [1.29, 1.82) is 0 Å². The Morgan fingerprint density at radius 1 is 1.58 bits per heavy atom. The van der Waals surface area contributed by atoms with Gasteiger partial charge in [-0.05, 0) is 25.7 Å². The van der Waals surface area contributed by atoms with Crippen molar-refractivity contribution in [2.24, 2.45) is 5.92 Å². The first kappa shape index (κ1) is 14.4. The maximum atomic E-state index is 12.1. The standard InChI is InChI=1S/C11H19N3O4S/c1-8-10(6-15)11(14-13-8)19(16,17)12-4-2-9-3-5-18-7-9/h9,12,15H,2-7H2,1H3,(H,13,14). The molecule has 1 atom stereocenters. The minimum atomic E-state index is -3.67. The highest BCUT2D eigenvalue weighted by atomic mass is 32.2. The van der Waals surface area contributed by atoms with Crippen molar-refractivity contribution in [2.75, 3.05) is 19.8 Å². The molecule has 1 aromatic heterocycles. The molecule has 0 bridgehead atoms. The highest BCUT2D eigenvalue weighted by molar-refractivity contribution is 7.89. The number of aromatic amines is 1. The van der Waals surface area contributed by atoms with Gasteiger partial charge in [-0.2, -0.15) is 5.10 Å². The SMILES string of the molecule is Cc1[nH]nc(S(=O)(=O)NCCC2CCOC2)c1CO. The van der Waals surface area contributed by atoms with E-state index in [0.717, 1.165) is 19.4 Å². The maximum Gasteiger partial charge on any atom is 0.260 e. The number of nitrogens with zero attached hydrogens (tertiary/aromatic N) is 1. The minimum Gasteiger partial charge on any atom is -0.392 e.